The van der Waals surface area contributed by atoms with Crippen molar-refractivity contribution >= 4 is 29.1 Å². The Hall–Kier alpha value is -2.79. The third-order valence-corrected chi connectivity index (χ3v) is 6.24. The molecule has 3 aromatic rings. The zero-order valence-corrected chi connectivity index (χ0v) is 19.0. The SMILES string of the molecule is O=C1N[C@H]2CN(Cc3c(Cl)cncc3Cl)C[C@@H]2OCc2cn(nn2)CCOc2cccnc21. The molecule has 0 radical (unpaired) electrons. The fourth-order valence-electron chi connectivity index (χ4n) is 3.97. The second-order valence-corrected chi connectivity index (χ2v) is 8.69. The van der Waals surface area contributed by atoms with Gasteiger partial charge in [0.25, 0.3) is 5.91 Å². The maximum atomic E-state index is 13.1. The molecule has 2 aliphatic heterocycles. The normalized spacial score (nSPS) is 21.5. The molecule has 0 aliphatic carbocycles. The van der Waals surface area contributed by atoms with Gasteiger partial charge >= 0.3 is 0 Å². The first-order valence-electron chi connectivity index (χ1n) is 10.5. The molecule has 0 spiro atoms. The number of carbonyl (C=O) groups excluding carboxylic acids is 1. The lowest BCUT2D eigenvalue weighted by Crippen LogP contribution is -2.44. The first-order chi connectivity index (χ1) is 16.1. The van der Waals surface area contributed by atoms with Crippen LogP contribution < -0.4 is 10.1 Å². The summed E-state index contributed by atoms with van der Waals surface area (Å²) in [5, 5.41) is 12.3. The number of nitrogens with zero attached hydrogens (tertiary/aromatic N) is 6. The number of rotatable bonds is 2. The maximum absolute atomic E-state index is 13.1. The highest BCUT2D eigenvalue weighted by atomic mass is 35.5. The number of aromatic nitrogens is 5. The minimum Gasteiger partial charge on any atom is -0.489 e. The van der Waals surface area contributed by atoms with Crippen LogP contribution in [0.2, 0.25) is 10.0 Å². The Morgan fingerprint density at radius 3 is 2.91 bits per heavy atom. The van der Waals surface area contributed by atoms with Crippen LogP contribution in [0.3, 0.4) is 0 Å². The fourth-order valence-corrected chi connectivity index (χ4v) is 4.46. The number of pyridine rings is 2. The third kappa shape index (κ3) is 4.93. The number of hydrogen-bond donors (Lipinski definition) is 1. The number of hydrogen-bond acceptors (Lipinski definition) is 8. The van der Waals surface area contributed by atoms with Crippen molar-refractivity contribution in [3.63, 3.8) is 0 Å². The lowest BCUT2D eigenvalue weighted by Gasteiger charge is -2.20. The highest BCUT2D eigenvalue weighted by Crippen LogP contribution is 2.27. The van der Waals surface area contributed by atoms with Gasteiger partial charge in [0.15, 0.2) is 11.4 Å². The van der Waals surface area contributed by atoms with E-state index in [-0.39, 0.29) is 30.4 Å². The Labute approximate surface area is 199 Å². The van der Waals surface area contributed by atoms with E-state index < -0.39 is 0 Å². The Bertz CT molecular complexity index is 1140. The summed E-state index contributed by atoms with van der Waals surface area (Å²) in [5.74, 6) is 0.0926. The van der Waals surface area contributed by atoms with Gasteiger partial charge in [0.05, 0.1) is 41.5 Å². The van der Waals surface area contributed by atoms with Crippen LogP contribution in [0.4, 0.5) is 0 Å². The van der Waals surface area contributed by atoms with Gasteiger partial charge in [-0.25, -0.2) is 9.67 Å². The second kappa shape index (κ2) is 9.60. The average Bonchev–Trinajstić information content (AvgIpc) is 3.41. The zero-order chi connectivity index (χ0) is 22.8. The van der Waals surface area contributed by atoms with E-state index in [2.05, 4.69) is 30.5 Å². The van der Waals surface area contributed by atoms with Crippen LogP contribution in [-0.2, 0) is 24.4 Å². The Morgan fingerprint density at radius 2 is 2.06 bits per heavy atom. The number of nitrogens with one attached hydrogen (secondary N) is 1. The lowest BCUT2D eigenvalue weighted by atomic mass is 10.2. The highest BCUT2D eigenvalue weighted by Gasteiger charge is 2.36. The highest BCUT2D eigenvalue weighted by molar-refractivity contribution is 6.35. The summed E-state index contributed by atoms with van der Waals surface area (Å²) in [6, 6.07) is 3.17. The minimum atomic E-state index is -0.319. The van der Waals surface area contributed by atoms with E-state index in [1.807, 2.05) is 6.20 Å². The number of halogens is 2. The number of carbonyl (C=O) groups is 1. The van der Waals surface area contributed by atoms with Gasteiger partial charge in [0.1, 0.15) is 12.3 Å². The van der Waals surface area contributed by atoms with E-state index in [1.165, 1.54) is 0 Å². The molecule has 10 nitrogen and oxygen atoms in total. The summed E-state index contributed by atoms with van der Waals surface area (Å²) < 4.78 is 13.7. The molecule has 0 unspecified atom stereocenters. The van der Waals surface area contributed by atoms with Crippen molar-refractivity contribution in [1.82, 2.24) is 35.2 Å². The van der Waals surface area contributed by atoms with Crippen molar-refractivity contribution in [3.05, 3.63) is 63.9 Å². The Morgan fingerprint density at radius 1 is 1.21 bits per heavy atom. The molecular weight excluding hydrogens is 469 g/mol. The fraction of sp³-hybridized carbons (Fsp3) is 0.381. The first-order valence-corrected chi connectivity index (χ1v) is 11.2. The van der Waals surface area contributed by atoms with Crippen LogP contribution in [0.5, 0.6) is 5.75 Å². The Kier molecular flexibility index (Phi) is 6.41. The summed E-state index contributed by atoms with van der Waals surface area (Å²) in [6.07, 6.45) is 6.25. The van der Waals surface area contributed by atoms with E-state index in [9.17, 15) is 4.79 Å². The zero-order valence-electron chi connectivity index (χ0n) is 17.5. The molecule has 172 valence electrons. The minimum absolute atomic E-state index is 0.228. The average molecular weight is 490 g/mol. The Balaban J connectivity index is 1.40. The van der Waals surface area contributed by atoms with E-state index >= 15 is 0 Å². The van der Waals surface area contributed by atoms with E-state index in [0.717, 1.165) is 5.56 Å². The molecule has 5 heterocycles. The van der Waals surface area contributed by atoms with E-state index in [1.54, 1.807) is 35.4 Å². The van der Waals surface area contributed by atoms with Crippen LogP contribution in [0.15, 0.2) is 36.9 Å². The molecule has 33 heavy (non-hydrogen) atoms. The molecule has 1 N–H and O–H groups in total. The monoisotopic (exact) mass is 489 g/mol. The standard InChI is InChI=1S/C21H21Cl2N7O3/c22-15-6-24-7-16(23)14(15)9-29-10-17-19(11-29)33-12-13-8-30(28-27-13)4-5-32-18-2-1-3-25-20(18)21(31)26-17/h1-3,6-8,17,19H,4-5,9-12H2,(H,26,31)/t17-,19-/m0/s1. The number of fused-ring (bicyclic) bond motifs is 4. The van der Waals surface area contributed by atoms with E-state index in [4.69, 9.17) is 32.7 Å². The largest absolute Gasteiger partial charge is 0.489 e. The molecular formula is C21H21Cl2N7O3. The van der Waals surface area contributed by atoms with Crippen LogP contribution in [0, 0.1) is 0 Å². The molecule has 12 heteroatoms. The predicted octanol–water partition coefficient (Wildman–Crippen LogP) is 1.97. The summed E-state index contributed by atoms with van der Waals surface area (Å²) in [7, 11) is 0. The third-order valence-electron chi connectivity index (χ3n) is 5.59. The van der Waals surface area contributed by atoms with Crippen molar-refractivity contribution in [2.45, 2.75) is 31.8 Å². The number of amides is 1. The van der Waals surface area contributed by atoms with Crippen molar-refractivity contribution in [2.24, 2.45) is 0 Å². The van der Waals surface area contributed by atoms with Crippen LogP contribution in [0.1, 0.15) is 21.7 Å². The van der Waals surface area contributed by atoms with Gasteiger partial charge in [-0.2, -0.15) is 0 Å². The van der Waals surface area contributed by atoms with Crippen molar-refractivity contribution < 1.29 is 14.3 Å². The van der Waals surface area contributed by atoms with Gasteiger partial charge in [-0.05, 0) is 12.1 Å². The smallest absolute Gasteiger partial charge is 0.274 e. The molecule has 3 aromatic heterocycles. The van der Waals surface area contributed by atoms with Crippen molar-refractivity contribution in [1.29, 1.82) is 0 Å². The molecule has 1 saturated heterocycles. The maximum Gasteiger partial charge on any atom is 0.274 e. The molecule has 2 bridgehead atoms. The molecule has 2 aliphatic rings. The summed E-state index contributed by atoms with van der Waals surface area (Å²) in [5.41, 5.74) is 1.72. The molecule has 2 atom stereocenters. The molecule has 0 aromatic carbocycles. The first kappa shape index (κ1) is 22.0. The number of likely N-dealkylation sites (tertiary alicyclic amines) is 1. The molecule has 0 saturated carbocycles. The van der Waals surface area contributed by atoms with Crippen molar-refractivity contribution in [2.75, 3.05) is 19.7 Å². The van der Waals surface area contributed by atoms with Gasteiger partial charge in [-0.3, -0.25) is 14.7 Å². The van der Waals surface area contributed by atoms with Crippen molar-refractivity contribution in [3.8, 4) is 5.75 Å². The predicted molar refractivity (Wildman–Crippen MR) is 119 cm³/mol. The summed E-state index contributed by atoms with van der Waals surface area (Å²) >= 11 is 12.6. The number of ether oxygens (including phenoxy) is 2. The van der Waals surface area contributed by atoms with Crippen LogP contribution in [-0.4, -0.2) is 67.6 Å². The summed E-state index contributed by atoms with van der Waals surface area (Å²) in [6.45, 7) is 2.69. The quantitative estimate of drug-likeness (QED) is 0.581. The van der Waals surface area contributed by atoms with Gasteiger partial charge < -0.3 is 14.8 Å². The van der Waals surface area contributed by atoms with Gasteiger partial charge in [-0.15, -0.1) is 5.10 Å². The molecule has 1 amide bonds. The van der Waals surface area contributed by atoms with Gasteiger partial charge in [0.2, 0.25) is 0 Å². The van der Waals surface area contributed by atoms with Crippen LogP contribution >= 0.6 is 23.2 Å². The molecule has 1 fully saturated rings. The van der Waals surface area contributed by atoms with E-state index in [0.29, 0.717) is 54.3 Å². The lowest BCUT2D eigenvalue weighted by molar-refractivity contribution is 0.0292. The van der Waals surface area contributed by atoms with Gasteiger partial charge in [0, 0.05) is 43.8 Å². The molecule has 5 rings (SSSR count). The summed E-state index contributed by atoms with van der Waals surface area (Å²) in [4.78, 5) is 23.5. The van der Waals surface area contributed by atoms with Crippen LogP contribution in [0.25, 0.3) is 0 Å². The van der Waals surface area contributed by atoms with Gasteiger partial charge in [-0.1, -0.05) is 28.4 Å². The second-order valence-electron chi connectivity index (χ2n) is 7.88. The topological polar surface area (TPSA) is 107 Å².